The maximum Gasteiger partial charge on any atom is 0.227 e. The molecule has 1 aliphatic rings. The van der Waals surface area contributed by atoms with E-state index in [0.717, 1.165) is 50.2 Å². The highest BCUT2D eigenvalue weighted by molar-refractivity contribution is 5.45. The maximum absolute atomic E-state index is 4.63. The van der Waals surface area contributed by atoms with Crippen LogP contribution in [-0.4, -0.2) is 61.7 Å². The molecule has 2 heterocycles. The second-order valence-corrected chi connectivity index (χ2v) is 5.14. The highest BCUT2D eigenvalue weighted by atomic mass is 15.3. The molecule has 1 aromatic rings. The lowest BCUT2D eigenvalue weighted by Gasteiger charge is -2.34. The van der Waals surface area contributed by atoms with E-state index in [1.165, 1.54) is 0 Å². The fourth-order valence-electron chi connectivity index (χ4n) is 2.22. The molecule has 0 aliphatic carbocycles. The van der Waals surface area contributed by atoms with Gasteiger partial charge >= 0.3 is 0 Å². The molecule has 0 N–H and O–H groups in total. The summed E-state index contributed by atoms with van der Waals surface area (Å²) in [6.45, 7) is 10.8. The van der Waals surface area contributed by atoms with Gasteiger partial charge in [0.25, 0.3) is 0 Å². The zero-order chi connectivity index (χ0) is 13.8. The SMILES string of the molecule is C=CCN1CCN(c2nc(C)cc(N(C)C)n2)CC1. The van der Waals surface area contributed by atoms with Gasteiger partial charge in [0.05, 0.1) is 0 Å². The van der Waals surface area contributed by atoms with Gasteiger partial charge in [-0.25, -0.2) is 4.98 Å². The molecular formula is C14H23N5. The van der Waals surface area contributed by atoms with Crippen LogP contribution < -0.4 is 9.80 Å². The van der Waals surface area contributed by atoms with E-state index >= 15 is 0 Å². The molecular weight excluding hydrogens is 238 g/mol. The fourth-order valence-corrected chi connectivity index (χ4v) is 2.22. The molecule has 0 saturated carbocycles. The van der Waals surface area contributed by atoms with Crippen LogP contribution in [0, 0.1) is 6.92 Å². The number of rotatable bonds is 4. The first-order valence-corrected chi connectivity index (χ1v) is 6.71. The van der Waals surface area contributed by atoms with Crippen LogP contribution >= 0.6 is 0 Å². The lowest BCUT2D eigenvalue weighted by molar-refractivity contribution is 0.282. The van der Waals surface area contributed by atoms with Gasteiger partial charge < -0.3 is 9.80 Å². The minimum Gasteiger partial charge on any atom is -0.363 e. The Hall–Kier alpha value is -1.62. The van der Waals surface area contributed by atoms with Gasteiger partial charge in [-0.15, -0.1) is 6.58 Å². The average Bonchev–Trinajstić information content (AvgIpc) is 2.39. The number of anilines is 2. The van der Waals surface area contributed by atoms with Crippen LogP contribution in [0.5, 0.6) is 0 Å². The summed E-state index contributed by atoms with van der Waals surface area (Å²) in [4.78, 5) is 15.9. The van der Waals surface area contributed by atoms with E-state index < -0.39 is 0 Å². The molecule has 0 atom stereocenters. The predicted octanol–water partition coefficient (Wildman–Crippen LogP) is 1.16. The second kappa shape index (κ2) is 6.02. The van der Waals surface area contributed by atoms with Crippen molar-refractivity contribution in [3.05, 3.63) is 24.4 Å². The van der Waals surface area contributed by atoms with E-state index in [0.29, 0.717) is 0 Å². The molecule has 0 bridgehead atoms. The van der Waals surface area contributed by atoms with Crippen LogP contribution in [0.1, 0.15) is 5.69 Å². The summed E-state index contributed by atoms with van der Waals surface area (Å²) >= 11 is 0. The minimum absolute atomic E-state index is 0.849. The van der Waals surface area contributed by atoms with Gasteiger partial charge in [0.15, 0.2) is 0 Å². The zero-order valence-electron chi connectivity index (χ0n) is 12.1. The van der Waals surface area contributed by atoms with Crippen LogP contribution in [0.25, 0.3) is 0 Å². The van der Waals surface area contributed by atoms with Crippen molar-refractivity contribution in [3.63, 3.8) is 0 Å². The van der Waals surface area contributed by atoms with E-state index in [-0.39, 0.29) is 0 Å². The molecule has 0 spiro atoms. The molecule has 19 heavy (non-hydrogen) atoms. The summed E-state index contributed by atoms with van der Waals surface area (Å²) < 4.78 is 0. The Morgan fingerprint density at radius 3 is 2.53 bits per heavy atom. The first-order valence-electron chi connectivity index (χ1n) is 6.71. The minimum atomic E-state index is 0.849. The second-order valence-electron chi connectivity index (χ2n) is 5.14. The Morgan fingerprint density at radius 2 is 1.95 bits per heavy atom. The first-order chi connectivity index (χ1) is 9.10. The third kappa shape index (κ3) is 3.44. The van der Waals surface area contributed by atoms with Crippen molar-refractivity contribution >= 4 is 11.8 Å². The molecule has 0 amide bonds. The quantitative estimate of drug-likeness (QED) is 0.760. The van der Waals surface area contributed by atoms with Crippen LogP contribution in [0.3, 0.4) is 0 Å². The van der Waals surface area contributed by atoms with Crippen molar-refractivity contribution in [3.8, 4) is 0 Å². The standard InChI is InChI=1S/C14H23N5/c1-5-6-18-7-9-19(10-8-18)14-15-12(2)11-13(16-14)17(3)4/h5,11H,1,6-10H2,2-4H3. The number of hydrogen-bond acceptors (Lipinski definition) is 5. The summed E-state index contributed by atoms with van der Waals surface area (Å²) in [6.07, 6.45) is 1.96. The lowest BCUT2D eigenvalue weighted by Crippen LogP contribution is -2.47. The van der Waals surface area contributed by atoms with Crippen molar-refractivity contribution in [1.29, 1.82) is 0 Å². The molecule has 1 aliphatic heterocycles. The normalized spacial score (nSPS) is 16.5. The fraction of sp³-hybridized carbons (Fsp3) is 0.571. The average molecular weight is 261 g/mol. The highest BCUT2D eigenvalue weighted by Gasteiger charge is 2.18. The number of nitrogens with zero attached hydrogens (tertiary/aromatic N) is 5. The molecule has 0 radical (unpaired) electrons. The van der Waals surface area contributed by atoms with Crippen LogP contribution in [-0.2, 0) is 0 Å². The van der Waals surface area contributed by atoms with E-state index in [2.05, 4.69) is 26.3 Å². The number of hydrogen-bond donors (Lipinski definition) is 0. The highest BCUT2D eigenvalue weighted by Crippen LogP contribution is 2.17. The maximum atomic E-state index is 4.63. The molecule has 1 saturated heterocycles. The zero-order valence-corrected chi connectivity index (χ0v) is 12.1. The van der Waals surface area contributed by atoms with E-state index in [4.69, 9.17) is 0 Å². The summed E-state index contributed by atoms with van der Waals surface area (Å²) in [6, 6.07) is 2.01. The molecule has 1 fully saturated rings. The van der Waals surface area contributed by atoms with Crippen molar-refractivity contribution < 1.29 is 0 Å². The third-order valence-electron chi connectivity index (χ3n) is 3.33. The topological polar surface area (TPSA) is 35.5 Å². The molecule has 2 rings (SSSR count). The Labute approximate surface area is 115 Å². The van der Waals surface area contributed by atoms with Crippen molar-refractivity contribution in [2.75, 3.05) is 56.6 Å². The molecule has 0 aromatic carbocycles. The van der Waals surface area contributed by atoms with Crippen LogP contribution in [0.4, 0.5) is 11.8 Å². The Kier molecular flexibility index (Phi) is 4.37. The van der Waals surface area contributed by atoms with Gasteiger partial charge in [-0.2, -0.15) is 4.98 Å². The predicted molar refractivity (Wildman–Crippen MR) is 79.9 cm³/mol. The summed E-state index contributed by atoms with van der Waals surface area (Å²) in [5.74, 6) is 1.82. The molecule has 0 unspecified atom stereocenters. The van der Waals surface area contributed by atoms with Gasteiger partial charge in [0.1, 0.15) is 5.82 Å². The monoisotopic (exact) mass is 261 g/mol. The van der Waals surface area contributed by atoms with E-state index in [9.17, 15) is 0 Å². The number of aryl methyl sites for hydroxylation is 1. The van der Waals surface area contributed by atoms with Crippen molar-refractivity contribution in [2.45, 2.75) is 6.92 Å². The molecule has 1 aromatic heterocycles. The van der Waals surface area contributed by atoms with E-state index in [1.807, 2.05) is 38.1 Å². The van der Waals surface area contributed by atoms with Gasteiger partial charge in [-0.05, 0) is 6.92 Å². The van der Waals surface area contributed by atoms with Crippen molar-refractivity contribution in [2.24, 2.45) is 0 Å². The Morgan fingerprint density at radius 1 is 1.26 bits per heavy atom. The molecule has 5 heteroatoms. The summed E-state index contributed by atoms with van der Waals surface area (Å²) in [5, 5.41) is 0. The lowest BCUT2D eigenvalue weighted by atomic mass is 10.3. The Bertz CT molecular complexity index is 435. The number of piperazine rings is 1. The first kappa shape index (κ1) is 13.8. The van der Waals surface area contributed by atoms with Gasteiger partial charge in [-0.3, -0.25) is 4.90 Å². The third-order valence-corrected chi connectivity index (χ3v) is 3.33. The summed E-state index contributed by atoms with van der Waals surface area (Å²) in [5.41, 5.74) is 1.02. The van der Waals surface area contributed by atoms with Crippen LogP contribution in [0.15, 0.2) is 18.7 Å². The van der Waals surface area contributed by atoms with Gasteiger partial charge in [0, 0.05) is 58.6 Å². The smallest absolute Gasteiger partial charge is 0.227 e. The van der Waals surface area contributed by atoms with Gasteiger partial charge in [0.2, 0.25) is 5.95 Å². The largest absolute Gasteiger partial charge is 0.363 e. The van der Waals surface area contributed by atoms with Crippen molar-refractivity contribution in [1.82, 2.24) is 14.9 Å². The molecule has 104 valence electrons. The van der Waals surface area contributed by atoms with Crippen LogP contribution in [0.2, 0.25) is 0 Å². The van der Waals surface area contributed by atoms with E-state index in [1.54, 1.807) is 0 Å². The number of aromatic nitrogens is 2. The summed E-state index contributed by atoms with van der Waals surface area (Å²) in [7, 11) is 4.02. The Balaban J connectivity index is 2.08. The van der Waals surface area contributed by atoms with Gasteiger partial charge in [-0.1, -0.05) is 6.08 Å². The molecule has 5 nitrogen and oxygen atoms in total.